The van der Waals surface area contributed by atoms with E-state index in [1.165, 1.54) is 25.1 Å². The van der Waals surface area contributed by atoms with Crippen molar-refractivity contribution in [1.29, 1.82) is 0 Å². The van der Waals surface area contributed by atoms with Gasteiger partial charge in [-0.2, -0.15) is 13.2 Å². The van der Waals surface area contributed by atoms with Crippen molar-refractivity contribution in [3.05, 3.63) is 40.9 Å². The van der Waals surface area contributed by atoms with E-state index in [2.05, 4.69) is 4.74 Å². The van der Waals surface area contributed by atoms with Crippen LogP contribution in [-0.4, -0.2) is 18.8 Å². The largest absolute Gasteiger partial charge is 0.463 e. The molecule has 0 aliphatic rings. The number of alkyl halides is 3. The summed E-state index contributed by atoms with van der Waals surface area (Å²) in [6.07, 6.45) is -4.23. The molecule has 0 unspecified atom stereocenters. The van der Waals surface area contributed by atoms with Crippen molar-refractivity contribution in [2.45, 2.75) is 13.1 Å². The first-order valence-corrected chi connectivity index (χ1v) is 5.44. The summed E-state index contributed by atoms with van der Waals surface area (Å²) in [4.78, 5) is 11.1. The molecule has 1 rings (SSSR count). The molecular formula is C12H10ClF3O2. The predicted molar refractivity (Wildman–Crippen MR) is 62.1 cm³/mol. The molecule has 2 nitrogen and oxygen atoms in total. The standard InChI is InChI=1S/C12H10ClF3O2/c1-2-18-11(17)7-10(12(14,15)16)8-4-3-5-9(13)6-8/h3-7H,2H2,1H3/b10-7-. The van der Waals surface area contributed by atoms with Crippen LogP contribution in [0.25, 0.3) is 5.57 Å². The number of hydrogen-bond acceptors (Lipinski definition) is 2. The normalized spacial score (nSPS) is 12.4. The molecule has 18 heavy (non-hydrogen) atoms. The lowest BCUT2D eigenvalue weighted by Gasteiger charge is -2.12. The Morgan fingerprint density at radius 1 is 1.44 bits per heavy atom. The first-order chi connectivity index (χ1) is 8.34. The Kier molecular flexibility index (Phi) is 4.78. The molecule has 0 saturated carbocycles. The lowest BCUT2D eigenvalue weighted by molar-refractivity contribution is -0.137. The molecule has 1 aromatic carbocycles. The van der Waals surface area contributed by atoms with Crippen LogP contribution in [0.1, 0.15) is 12.5 Å². The number of carbonyl (C=O) groups excluding carboxylic acids is 1. The molecule has 0 aromatic heterocycles. The summed E-state index contributed by atoms with van der Waals surface area (Å²) < 4.78 is 42.9. The molecule has 0 atom stereocenters. The van der Waals surface area contributed by atoms with Gasteiger partial charge in [-0.3, -0.25) is 0 Å². The first-order valence-electron chi connectivity index (χ1n) is 5.06. The highest BCUT2D eigenvalue weighted by atomic mass is 35.5. The number of esters is 1. The monoisotopic (exact) mass is 278 g/mol. The second-order valence-electron chi connectivity index (χ2n) is 3.32. The maximum atomic E-state index is 12.8. The van der Waals surface area contributed by atoms with Gasteiger partial charge in [0.05, 0.1) is 12.2 Å². The zero-order valence-corrected chi connectivity index (χ0v) is 10.2. The smallest absolute Gasteiger partial charge is 0.417 e. The average Bonchev–Trinajstić information content (AvgIpc) is 2.24. The number of rotatable bonds is 3. The molecule has 0 aliphatic carbocycles. The topological polar surface area (TPSA) is 26.3 Å². The van der Waals surface area contributed by atoms with Crippen LogP contribution in [0.3, 0.4) is 0 Å². The van der Waals surface area contributed by atoms with E-state index in [0.717, 1.165) is 6.07 Å². The fraction of sp³-hybridized carbons (Fsp3) is 0.250. The van der Waals surface area contributed by atoms with Crippen LogP contribution >= 0.6 is 11.6 Å². The third-order valence-electron chi connectivity index (χ3n) is 1.99. The Morgan fingerprint density at radius 3 is 2.61 bits per heavy atom. The third-order valence-corrected chi connectivity index (χ3v) is 2.22. The first kappa shape index (κ1) is 14.6. The third kappa shape index (κ3) is 4.07. The van der Waals surface area contributed by atoms with E-state index in [1.54, 1.807) is 0 Å². The highest BCUT2D eigenvalue weighted by Gasteiger charge is 2.35. The van der Waals surface area contributed by atoms with Crippen molar-refractivity contribution < 1.29 is 22.7 Å². The van der Waals surface area contributed by atoms with Gasteiger partial charge in [0.25, 0.3) is 0 Å². The highest BCUT2D eigenvalue weighted by Crippen LogP contribution is 2.34. The highest BCUT2D eigenvalue weighted by molar-refractivity contribution is 6.30. The minimum atomic E-state index is -4.66. The van der Waals surface area contributed by atoms with Crippen LogP contribution in [0, 0.1) is 0 Å². The summed E-state index contributed by atoms with van der Waals surface area (Å²) in [5, 5.41) is 0.159. The number of hydrogen-bond donors (Lipinski definition) is 0. The fourth-order valence-electron chi connectivity index (χ4n) is 1.29. The Morgan fingerprint density at radius 2 is 2.11 bits per heavy atom. The number of halogens is 4. The minimum Gasteiger partial charge on any atom is -0.463 e. The van der Waals surface area contributed by atoms with Gasteiger partial charge in [0, 0.05) is 11.1 Å². The van der Waals surface area contributed by atoms with Crippen molar-refractivity contribution in [3.63, 3.8) is 0 Å². The van der Waals surface area contributed by atoms with Crippen LogP contribution in [0.15, 0.2) is 30.3 Å². The molecule has 1 aromatic rings. The molecule has 0 N–H and O–H groups in total. The molecule has 0 fully saturated rings. The molecule has 6 heteroatoms. The lowest BCUT2D eigenvalue weighted by Crippen LogP contribution is -2.13. The molecule has 0 spiro atoms. The average molecular weight is 279 g/mol. The van der Waals surface area contributed by atoms with Gasteiger partial charge in [-0.15, -0.1) is 0 Å². The maximum Gasteiger partial charge on any atom is 0.417 e. The summed E-state index contributed by atoms with van der Waals surface area (Å²) in [5.74, 6) is -1.04. The molecule has 98 valence electrons. The van der Waals surface area contributed by atoms with E-state index in [-0.39, 0.29) is 17.2 Å². The van der Waals surface area contributed by atoms with Gasteiger partial charge < -0.3 is 4.74 Å². The van der Waals surface area contributed by atoms with E-state index in [1.807, 2.05) is 0 Å². The summed E-state index contributed by atoms with van der Waals surface area (Å²) >= 11 is 5.63. The van der Waals surface area contributed by atoms with E-state index < -0.39 is 17.7 Å². The van der Waals surface area contributed by atoms with Gasteiger partial charge >= 0.3 is 12.1 Å². The van der Waals surface area contributed by atoms with Crippen molar-refractivity contribution in [2.75, 3.05) is 6.61 Å². The van der Waals surface area contributed by atoms with Crippen LogP contribution in [0.2, 0.25) is 5.02 Å². The molecule has 0 radical (unpaired) electrons. The zero-order valence-electron chi connectivity index (χ0n) is 9.42. The minimum absolute atomic E-state index is 0.00994. The zero-order chi connectivity index (χ0) is 13.8. The number of benzene rings is 1. The van der Waals surface area contributed by atoms with Gasteiger partial charge in [0.1, 0.15) is 0 Å². The van der Waals surface area contributed by atoms with E-state index in [0.29, 0.717) is 6.08 Å². The Balaban J connectivity index is 3.19. The number of carbonyl (C=O) groups is 1. The molecular weight excluding hydrogens is 269 g/mol. The Hall–Kier alpha value is -1.49. The van der Waals surface area contributed by atoms with Crippen LogP contribution in [0.4, 0.5) is 13.2 Å². The maximum absolute atomic E-state index is 12.8. The second kappa shape index (κ2) is 5.91. The lowest BCUT2D eigenvalue weighted by atomic mass is 10.1. The van der Waals surface area contributed by atoms with Crippen molar-refractivity contribution in [3.8, 4) is 0 Å². The summed E-state index contributed by atoms with van der Waals surface area (Å²) in [6.45, 7) is 1.52. The summed E-state index contributed by atoms with van der Waals surface area (Å²) in [6, 6.07) is 5.19. The molecule has 0 heterocycles. The molecule has 0 aliphatic heterocycles. The predicted octanol–water partition coefficient (Wildman–Crippen LogP) is 3.85. The van der Waals surface area contributed by atoms with Gasteiger partial charge in [-0.1, -0.05) is 23.7 Å². The Bertz CT molecular complexity index is 467. The van der Waals surface area contributed by atoms with Gasteiger partial charge in [-0.25, -0.2) is 4.79 Å². The Labute approximate surface area is 107 Å². The van der Waals surface area contributed by atoms with Crippen molar-refractivity contribution in [1.82, 2.24) is 0 Å². The van der Waals surface area contributed by atoms with E-state index >= 15 is 0 Å². The van der Waals surface area contributed by atoms with E-state index in [4.69, 9.17) is 11.6 Å². The summed E-state index contributed by atoms with van der Waals surface area (Å²) in [5.41, 5.74) is -1.26. The van der Waals surface area contributed by atoms with Gasteiger partial charge in [-0.05, 0) is 24.6 Å². The molecule has 0 amide bonds. The molecule has 0 bridgehead atoms. The SMILES string of the molecule is CCOC(=O)/C=C(/c1cccc(Cl)c1)C(F)(F)F. The number of ether oxygens (including phenoxy) is 1. The number of allylic oxidation sites excluding steroid dienone is 1. The fourth-order valence-corrected chi connectivity index (χ4v) is 1.48. The van der Waals surface area contributed by atoms with Gasteiger partial charge in [0.2, 0.25) is 0 Å². The summed E-state index contributed by atoms with van der Waals surface area (Å²) in [7, 11) is 0. The van der Waals surface area contributed by atoms with Crippen molar-refractivity contribution in [2.24, 2.45) is 0 Å². The van der Waals surface area contributed by atoms with E-state index in [9.17, 15) is 18.0 Å². The van der Waals surface area contributed by atoms with Crippen LogP contribution in [-0.2, 0) is 9.53 Å². The molecule has 0 saturated heterocycles. The second-order valence-corrected chi connectivity index (χ2v) is 3.75. The van der Waals surface area contributed by atoms with Crippen molar-refractivity contribution >= 4 is 23.1 Å². The van der Waals surface area contributed by atoms with Gasteiger partial charge in [0.15, 0.2) is 0 Å². The quantitative estimate of drug-likeness (QED) is 0.620. The van der Waals surface area contributed by atoms with Crippen LogP contribution in [0.5, 0.6) is 0 Å². The van der Waals surface area contributed by atoms with Crippen LogP contribution < -0.4 is 0 Å².